The van der Waals surface area contributed by atoms with Crippen molar-refractivity contribution in [3.05, 3.63) is 41.5 Å². The van der Waals surface area contributed by atoms with E-state index in [0.29, 0.717) is 6.42 Å². The van der Waals surface area contributed by atoms with Crippen LogP contribution in [0.1, 0.15) is 18.9 Å². The lowest BCUT2D eigenvalue weighted by molar-refractivity contribution is -0.114. The summed E-state index contributed by atoms with van der Waals surface area (Å²) in [5.74, 6) is 0.186. The molecule has 2 heteroatoms. The molecule has 2 nitrogen and oxygen atoms in total. The summed E-state index contributed by atoms with van der Waals surface area (Å²) in [5, 5.41) is 0. The van der Waals surface area contributed by atoms with E-state index in [1.54, 1.807) is 7.11 Å². The van der Waals surface area contributed by atoms with Gasteiger partial charge in [-0.2, -0.15) is 0 Å². The summed E-state index contributed by atoms with van der Waals surface area (Å²) in [5.41, 5.74) is 2.88. The monoisotopic (exact) mass is 202 g/mol. The van der Waals surface area contributed by atoms with E-state index >= 15 is 0 Å². The molecule has 78 valence electrons. The number of benzene rings is 1. The molecular weight excluding hydrogens is 188 g/mol. The number of carbonyl (C=O) groups is 1. The van der Waals surface area contributed by atoms with Gasteiger partial charge in [0.1, 0.15) is 0 Å². The third kappa shape index (κ3) is 1.73. The van der Waals surface area contributed by atoms with Crippen molar-refractivity contribution in [1.82, 2.24) is 0 Å². The molecule has 0 spiro atoms. The zero-order chi connectivity index (χ0) is 10.8. The smallest absolute Gasteiger partial charge is 0.166 e. The normalized spacial score (nSPS) is 21.2. The molecule has 0 saturated carbocycles. The fourth-order valence-electron chi connectivity index (χ4n) is 2.06. The van der Waals surface area contributed by atoms with Crippen molar-refractivity contribution in [1.29, 1.82) is 0 Å². The van der Waals surface area contributed by atoms with Gasteiger partial charge in [0.2, 0.25) is 0 Å². The molecule has 1 aromatic carbocycles. The number of carbonyl (C=O) groups excluding carboxylic acids is 1. The van der Waals surface area contributed by atoms with Crippen molar-refractivity contribution < 1.29 is 9.53 Å². The molecule has 0 aliphatic heterocycles. The molecule has 0 fully saturated rings. The second-order valence-corrected chi connectivity index (χ2v) is 3.78. The Morgan fingerprint density at radius 3 is 2.47 bits per heavy atom. The van der Waals surface area contributed by atoms with Crippen LogP contribution in [0, 0.1) is 0 Å². The summed E-state index contributed by atoms with van der Waals surface area (Å²) in [4.78, 5) is 11.8. The van der Waals surface area contributed by atoms with Gasteiger partial charge in [-0.05, 0) is 18.1 Å². The van der Waals surface area contributed by atoms with E-state index in [0.717, 1.165) is 16.7 Å². The third-order valence-corrected chi connectivity index (χ3v) is 2.87. The second kappa shape index (κ2) is 3.99. The number of hydrogen-bond donors (Lipinski definition) is 0. The quantitative estimate of drug-likeness (QED) is 0.736. The minimum absolute atomic E-state index is 0.0345. The Hall–Kier alpha value is -1.41. The van der Waals surface area contributed by atoms with Gasteiger partial charge in [-0.25, -0.2) is 0 Å². The van der Waals surface area contributed by atoms with Crippen molar-refractivity contribution in [3.63, 3.8) is 0 Å². The first-order chi connectivity index (χ1) is 7.24. The molecule has 0 bridgehead atoms. The largest absolute Gasteiger partial charge is 0.377 e. The van der Waals surface area contributed by atoms with Crippen LogP contribution in [0.5, 0.6) is 0 Å². The van der Waals surface area contributed by atoms with E-state index < -0.39 is 0 Å². The average Bonchev–Trinajstić information content (AvgIpc) is 2.55. The molecule has 15 heavy (non-hydrogen) atoms. The second-order valence-electron chi connectivity index (χ2n) is 3.78. The summed E-state index contributed by atoms with van der Waals surface area (Å²) < 4.78 is 5.27. The number of ketones is 1. The third-order valence-electron chi connectivity index (χ3n) is 2.87. The standard InChI is InChI=1S/C13H14O2/c1-9-12(15-2)8-11(14)13(9)10-6-4-3-5-7-10/h3-7,12H,8H2,1-2H3. The maximum Gasteiger partial charge on any atom is 0.166 e. The summed E-state index contributed by atoms with van der Waals surface area (Å²) >= 11 is 0. The first-order valence-corrected chi connectivity index (χ1v) is 5.06. The molecule has 1 aliphatic rings. The minimum Gasteiger partial charge on any atom is -0.377 e. The molecule has 0 heterocycles. The average molecular weight is 202 g/mol. The van der Waals surface area contributed by atoms with Gasteiger partial charge in [0.25, 0.3) is 0 Å². The fraction of sp³-hybridized carbons (Fsp3) is 0.308. The van der Waals surface area contributed by atoms with Crippen molar-refractivity contribution in [3.8, 4) is 0 Å². The Kier molecular flexibility index (Phi) is 2.69. The van der Waals surface area contributed by atoms with Crippen LogP contribution in [-0.2, 0) is 9.53 Å². The SMILES string of the molecule is COC1CC(=O)C(c2ccccc2)=C1C. The van der Waals surface area contributed by atoms with Crippen molar-refractivity contribution >= 4 is 11.4 Å². The Bertz CT molecular complexity index is 404. The van der Waals surface area contributed by atoms with Gasteiger partial charge in [-0.15, -0.1) is 0 Å². The van der Waals surface area contributed by atoms with E-state index in [1.807, 2.05) is 37.3 Å². The number of methoxy groups -OCH3 is 1. The summed E-state index contributed by atoms with van der Waals surface area (Å²) in [6.45, 7) is 1.97. The molecule has 0 radical (unpaired) electrons. The van der Waals surface area contributed by atoms with E-state index in [-0.39, 0.29) is 11.9 Å². The van der Waals surface area contributed by atoms with Gasteiger partial charge in [0, 0.05) is 19.1 Å². The molecule has 1 aromatic rings. The lowest BCUT2D eigenvalue weighted by Crippen LogP contribution is -2.08. The van der Waals surface area contributed by atoms with Crippen molar-refractivity contribution in [2.45, 2.75) is 19.4 Å². The van der Waals surface area contributed by atoms with Crippen molar-refractivity contribution in [2.75, 3.05) is 7.11 Å². The highest BCUT2D eigenvalue weighted by Gasteiger charge is 2.29. The maximum absolute atomic E-state index is 11.8. The number of ether oxygens (including phenoxy) is 1. The predicted octanol–water partition coefficient (Wildman–Crippen LogP) is 2.45. The van der Waals surface area contributed by atoms with Gasteiger partial charge in [0.15, 0.2) is 5.78 Å². The van der Waals surface area contributed by atoms with E-state index in [9.17, 15) is 4.79 Å². The van der Waals surface area contributed by atoms with E-state index in [1.165, 1.54) is 0 Å². The lowest BCUT2D eigenvalue weighted by Gasteiger charge is -2.07. The molecule has 1 aliphatic carbocycles. The number of Topliss-reactive ketones (excluding diaryl/α,β-unsaturated/α-hetero) is 1. The van der Waals surface area contributed by atoms with Crippen molar-refractivity contribution in [2.24, 2.45) is 0 Å². The van der Waals surface area contributed by atoms with Crippen LogP contribution < -0.4 is 0 Å². The zero-order valence-corrected chi connectivity index (χ0v) is 8.99. The van der Waals surface area contributed by atoms with E-state index in [2.05, 4.69) is 0 Å². The Balaban J connectivity index is 2.44. The Morgan fingerprint density at radius 1 is 1.27 bits per heavy atom. The highest BCUT2D eigenvalue weighted by Crippen LogP contribution is 2.32. The number of hydrogen-bond acceptors (Lipinski definition) is 2. The fourth-order valence-corrected chi connectivity index (χ4v) is 2.06. The molecule has 0 N–H and O–H groups in total. The van der Waals surface area contributed by atoms with Crippen LogP contribution in [0.25, 0.3) is 5.57 Å². The van der Waals surface area contributed by atoms with Crippen LogP contribution in [0.2, 0.25) is 0 Å². The molecule has 0 saturated heterocycles. The summed E-state index contributed by atoms with van der Waals surface area (Å²) in [6, 6.07) is 9.78. The lowest BCUT2D eigenvalue weighted by atomic mass is 10.0. The van der Waals surface area contributed by atoms with Gasteiger partial charge in [-0.3, -0.25) is 4.79 Å². The van der Waals surface area contributed by atoms with Gasteiger partial charge in [-0.1, -0.05) is 30.3 Å². The highest BCUT2D eigenvalue weighted by atomic mass is 16.5. The predicted molar refractivity (Wildman–Crippen MR) is 59.5 cm³/mol. The van der Waals surface area contributed by atoms with Crippen LogP contribution in [0.15, 0.2) is 35.9 Å². The number of allylic oxidation sites excluding steroid dienone is 1. The topological polar surface area (TPSA) is 26.3 Å². The Labute approximate surface area is 89.6 Å². The molecule has 1 unspecified atom stereocenters. The summed E-state index contributed by atoms with van der Waals surface area (Å²) in [6.07, 6.45) is 0.444. The van der Waals surface area contributed by atoms with Gasteiger partial charge in [0.05, 0.1) is 6.10 Å². The highest BCUT2D eigenvalue weighted by molar-refractivity contribution is 6.24. The van der Waals surface area contributed by atoms with Gasteiger partial charge >= 0.3 is 0 Å². The number of rotatable bonds is 2. The van der Waals surface area contributed by atoms with Gasteiger partial charge < -0.3 is 4.74 Å². The molecule has 0 amide bonds. The van der Waals surface area contributed by atoms with Crippen LogP contribution in [-0.4, -0.2) is 19.0 Å². The Morgan fingerprint density at radius 2 is 1.93 bits per heavy atom. The first kappa shape index (κ1) is 10.1. The van der Waals surface area contributed by atoms with Crippen LogP contribution >= 0.6 is 0 Å². The molecule has 0 aromatic heterocycles. The zero-order valence-electron chi connectivity index (χ0n) is 8.99. The van der Waals surface area contributed by atoms with Crippen LogP contribution in [0.3, 0.4) is 0 Å². The molecule has 1 atom stereocenters. The molecule has 2 rings (SSSR count). The van der Waals surface area contributed by atoms with E-state index in [4.69, 9.17) is 4.74 Å². The first-order valence-electron chi connectivity index (χ1n) is 5.06. The molecular formula is C13H14O2. The maximum atomic E-state index is 11.8. The van der Waals surface area contributed by atoms with Crippen LogP contribution in [0.4, 0.5) is 0 Å². The minimum atomic E-state index is -0.0345. The summed E-state index contributed by atoms with van der Waals surface area (Å²) in [7, 11) is 1.65.